The van der Waals surface area contributed by atoms with Crippen LogP contribution in [0.5, 0.6) is 0 Å². The Morgan fingerprint density at radius 1 is 1.56 bits per heavy atom. The van der Waals surface area contributed by atoms with Gasteiger partial charge in [-0.25, -0.2) is 4.79 Å². The highest BCUT2D eigenvalue weighted by atomic mass is 32.2. The minimum atomic E-state index is -0.770. The summed E-state index contributed by atoms with van der Waals surface area (Å²) >= 11 is 1.52. The Morgan fingerprint density at radius 3 is 2.96 bits per heavy atom. The molecule has 0 spiro atoms. The fourth-order valence-corrected chi connectivity index (χ4v) is 5.08. The van der Waals surface area contributed by atoms with Gasteiger partial charge in [0.15, 0.2) is 0 Å². The molecule has 4 atom stereocenters. The van der Waals surface area contributed by atoms with Crippen LogP contribution in [0.2, 0.25) is 0 Å². The summed E-state index contributed by atoms with van der Waals surface area (Å²) in [6.07, 6.45) is 1.71. The van der Waals surface area contributed by atoms with E-state index in [0.29, 0.717) is 5.75 Å². The fourth-order valence-electron chi connectivity index (χ4n) is 3.62. The number of hydrogen-bond acceptors (Lipinski definition) is 7. The van der Waals surface area contributed by atoms with Gasteiger partial charge >= 0.3 is 5.97 Å². The highest BCUT2D eigenvalue weighted by molar-refractivity contribution is 8.03. The number of nitrogens with zero attached hydrogens (tertiary/aromatic N) is 3. The standard InChI is InChI=1S/C17H19BN3O4PS/c1-9-13-12(10(2)22)16(23)21(13)14(17(24)25-26-20-18)15(9)27-8-6-11-5-3-4-7-19-11/h3-5,7,9-10,12-13,22H,6,8H2,1-2H3/t9-,10+,12+,13?/m0/s1. The minimum absolute atomic E-state index is 0.0208. The molecule has 1 saturated heterocycles. The molecule has 140 valence electrons. The molecule has 1 amide bonds. The van der Waals surface area contributed by atoms with Gasteiger partial charge in [0, 0.05) is 28.5 Å². The number of aliphatic hydroxyl groups excluding tert-OH is 1. The van der Waals surface area contributed by atoms with Crippen molar-refractivity contribution >= 4 is 40.2 Å². The van der Waals surface area contributed by atoms with Gasteiger partial charge in [-0.1, -0.05) is 13.0 Å². The molecular formula is C17H19BN3O4PS. The lowest BCUT2D eigenvalue weighted by Crippen LogP contribution is -2.63. The monoisotopic (exact) mass is 403 g/mol. The number of thioether (sulfide) groups is 1. The summed E-state index contributed by atoms with van der Waals surface area (Å²) < 4.78 is 8.28. The van der Waals surface area contributed by atoms with E-state index in [1.165, 1.54) is 16.7 Å². The van der Waals surface area contributed by atoms with Crippen molar-refractivity contribution in [3.05, 3.63) is 40.7 Å². The third kappa shape index (κ3) is 3.81. The highest BCUT2D eigenvalue weighted by Gasteiger charge is 2.60. The molecule has 7 nitrogen and oxygen atoms in total. The van der Waals surface area contributed by atoms with Crippen LogP contribution in [0.15, 0.2) is 39.7 Å². The number of aryl methyl sites for hydroxylation is 1. The summed E-state index contributed by atoms with van der Waals surface area (Å²) in [5, 5.41) is 9.95. The second kappa shape index (κ2) is 8.54. The summed E-state index contributed by atoms with van der Waals surface area (Å²) in [4.78, 5) is 31.6. The number of rotatable bonds is 7. The highest BCUT2D eigenvalue weighted by Crippen LogP contribution is 2.50. The van der Waals surface area contributed by atoms with Gasteiger partial charge in [0.25, 0.3) is 7.98 Å². The van der Waals surface area contributed by atoms with Crippen molar-refractivity contribution in [3.63, 3.8) is 0 Å². The Bertz CT molecular complexity index is 790. The summed E-state index contributed by atoms with van der Waals surface area (Å²) in [7, 11) is 5.02. The van der Waals surface area contributed by atoms with Crippen molar-refractivity contribution in [1.82, 2.24) is 9.88 Å². The first-order valence-electron chi connectivity index (χ1n) is 8.57. The van der Waals surface area contributed by atoms with Crippen molar-refractivity contribution < 1.29 is 19.2 Å². The maximum atomic E-state index is 12.5. The topological polar surface area (TPSA) is 92.1 Å². The van der Waals surface area contributed by atoms with Crippen LogP contribution in [0.1, 0.15) is 19.5 Å². The second-order valence-electron chi connectivity index (χ2n) is 6.46. The smallest absolute Gasteiger partial charge is 0.365 e. The number of carbonyl (C=O) groups is 2. The summed E-state index contributed by atoms with van der Waals surface area (Å²) in [6, 6.07) is 5.51. The molecule has 1 unspecified atom stereocenters. The number of fused-ring (bicyclic) bond motifs is 1. The lowest BCUT2D eigenvalue weighted by Gasteiger charge is -2.46. The average Bonchev–Trinajstić information content (AvgIpc) is 2.89. The Hall–Kier alpha value is -1.70. The SMILES string of the molecule is [B]N=POC(=O)C1=C(SCCc2ccccn2)[C@@H](C)C2[C@@H]([C@@H](C)O)C(=O)N12. The van der Waals surface area contributed by atoms with E-state index < -0.39 is 18.0 Å². The predicted molar refractivity (Wildman–Crippen MR) is 104 cm³/mol. The normalized spacial score (nSPS) is 25.5. The van der Waals surface area contributed by atoms with Crippen molar-refractivity contribution in [2.45, 2.75) is 32.4 Å². The van der Waals surface area contributed by atoms with Crippen LogP contribution in [0.3, 0.4) is 0 Å². The molecule has 2 radical (unpaired) electrons. The van der Waals surface area contributed by atoms with E-state index in [4.69, 9.17) is 12.5 Å². The Labute approximate surface area is 165 Å². The molecule has 2 aliphatic rings. The van der Waals surface area contributed by atoms with Crippen LogP contribution in [0.4, 0.5) is 0 Å². The maximum Gasteiger partial charge on any atom is 0.365 e. The largest absolute Gasteiger partial charge is 0.393 e. The number of hydrogen-bond donors (Lipinski definition) is 1. The van der Waals surface area contributed by atoms with Gasteiger partial charge in [-0.05, 0) is 25.5 Å². The van der Waals surface area contributed by atoms with Crippen LogP contribution < -0.4 is 0 Å². The molecule has 3 rings (SSSR count). The molecular weight excluding hydrogens is 384 g/mol. The Balaban J connectivity index is 1.81. The lowest BCUT2D eigenvalue weighted by molar-refractivity contribution is -0.162. The number of aliphatic hydroxyl groups is 1. The minimum Gasteiger partial charge on any atom is -0.393 e. The van der Waals surface area contributed by atoms with E-state index >= 15 is 0 Å². The summed E-state index contributed by atoms with van der Waals surface area (Å²) in [5.41, 5.74) is 1.21. The molecule has 0 bridgehead atoms. The molecule has 1 N–H and O–H groups in total. The van der Waals surface area contributed by atoms with E-state index in [0.717, 1.165) is 17.0 Å². The van der Waals surface area contributed by atoms with Crippen molar-refractivity contribution in [1.29, 1.82) is 0 Å². The first-order valence-corrected chi connectivity index (χ1v) is 10.3. The summed E-state index contributed by atoms with van der Waals surface area (Å²) in [6.45, 7) is 3.57. The van der Waals surface area contributed by atoms with E-state index in [1.54, 1.807) is 13.1 Å². The van der Waals surface area contributed by atoms with Crippen molar-refractivity contribution in [3.8, 4) is 0 Å². The Morgan fingerprint density at radius 2 is 2.33 bits per heavy atom. The average molecular weight is 403 g/mol. The number of carbonyl (C=O) groups excluding carboxylic acids is 2. The molecule has 0 aromatic carbocycles. The van der Waals surface area contributed by atoms with Crippen LogP contribution >= 0.6 is 20.4 Å². The zero-order valence-electron chi connectivity index (χ0n) is 15.0. The number of aromatic nitrogens is 1. The first-order chi connectivity index (χ1) is 13.0. The van der Waals surface area contributed by atoms with Crippen molar-refractivity contribution in [2.75, 3.05) is 5.75 Å². The van der Waals surface area contributed by atoms with E-state index in [9.17, 15) is 14.7 Å². The molecule has 0 saturated carbocycles. The van der Waals surface area contributed by atoms with Gasteiger partial charge in [-0.15, -0.1) is 11.8 Å². The van der Waals surface area contributed by atoms with Gasteiger partial charge in [0.05, 0.1) is 18.1 Å². The molecule has 1 aromatic rings. The zero-order chi connectivity index (χ0) is 19.6. The number of pyridine rings is 1. The van der Waals surface area contributed by atoms with Gasteiger partial charge < -0.3 is 19.2 Å². The van der Waals surface area contributed by atoms with Crippen LogP contribution in [0.25, 0.3) is 0 Å². The van der Waals surface area contributed by atoms with Gasteiger partial charge in [0.2, 0.25) is 14.5 Å². The molecule has 2 aliphatic heterocycles. The Kier molecular flexibility index (Phi) is 6.35. The van der Waals surface area contributed by atoms with E-state index in [-0.39, 0.29) is 32.2 Å². The summed E-state index contributed by atoms with van der Waals surface area (Å²) in [5.74, 6) is -0.743. The molecule has 10 heteroatoms. The van der Waals surface area contributed by atoms with E-state index in [1.807, 2.05) is 25.1 Å². The predicted octanol–water partition coefficient (Wildman–Crippen LogP) is 2.10. The maximum absolute atomic E-state index is 12.5. The number of amides is 1. The third-order valence-corrected chi connectivity index (χ3v) is 6.44. The van der Waals surface area contributed by atoms with Crippen LogP contribution in [0, 0.1) is 11.8 Å². The van der Waals surface area contributed by atoms with Crippen LogP contribution in [-0.4, -0.2) is 52.7 Å². The quantitative estimate of drug-likeness (QED) is 0.426. The molecule has 1 fully saturated rings. The van der Waals surface area contributed by atoms with Crippen molar-refractivity contribution in [2.24, 2.45) is 16.5 Å². The van der Waals surface area contributed by atoms with E-state index in [2.05, 4.69) is 9.64 Å². The second-order valence-corrected chi connectivity index (χ2v) is 8.18. The molecule has 1 aromatic heterocycles. The van der Waals surface area contributed by atoms with Gasteiger partial charge in [-0.2, -0.15) is 0 Å². The molecule has 27 heavy (non-hydrogen) atoms. The lowest BCUT2D eigenvalue weighted by atomic mass is 9.79. The number of β-lactam (4-membered cyclic amide) rings is 1. The van der Waals surface area contributed by atoms with Gasteiger partial charge in [0.1, 0.15) is 5.70 Å². The fraction of sp³-hybridized carbons (Fsp3) is 0.471. The first kappa shape index (κ1) is 20.0. The van der Waals surface area contributed by atoms with Gasteiger partial charge in [-0.3, -0.25) is 9.78 Å². The molecule has 3 heterocycles. The van der Waals surface area contributed by atoms with Crippen LogP contribution in [-0.2, 0) is 20.5 Å². The zero-order valence-corrected chi connectivity index (χ0v) is 16.7. The molecule has 0 aliphatic carbocycles. The third-order valence-electron chi connectivity index (χ3n) is 4.81.